The molecule has 138 valence electrons. The minimum Gasteiger partial charge on any atom is -0.297 e. The largest absolute Gasteiger partial charge is 0.297 e. The van der Waals surface area contributed by atoms with Crippen LogP contribution in [0.2, 0.25) is 0 Å². The van der Waals surface area contributed by atoms with Crippen LogP contribution in [0.1, 0.15) is 36.9 Å². The van der Waals surface area contributed by atoms with Crippen molar-refractivity contribution in [2.75, 3.05) is 19.6 Å². The number of aryl methyl sites for hydroxylation is 1. The van der Waals surface area contributed by atoms with Crippen LogP contribution in [-0.2, 0) is 16.4 Å². The van der Waals surface area contributed by atoms with E-state index in [2.05, 4.69) is 11.8 Å². The maximum Gasteiger partial charge on any atom is 0.243 e. The van der Waals surface area contributed by atoms with Crippen LogP contribution in [0.5, 0.6) is 0 Å². The van der Waals surface area contributed by atoms with Gasteiger partial charge in [0, 0.05) is 25.7 Å². The Hall–Kier alpha value is -1.69. The zero-order chi connectivity index (χ0) is 18.1. The van der Waals surface area contributed by atoms with Crippen molar-refractivity contribution in [1.82, 2.24) is 9.21 Å². The molecule has 2 aliphatic rings. The fraction of sp³-hybridized carbons (Fsp3) is 0.429. The Kier molecular flexibility index (Phi) is 4.86. The van der Waals surface area contributed by atoms with Crippen molar-refractivity contribution in [2.45, 2.75) is 43.2 Å². The Labute approximate surface area is 156 Å². The van der Waals surface area contributed by atoms with Gasteiger partial charge in [0.15, 0.2) is 0 Å². The van der Waals surface area contributed by atoms with E-state index < -0.39 is 10.0 Å². The number of piperazine rings is 1. The summed E-state index contributed by atoms with van der Waals surface area (Å²) >= 11 is 0. The molecule has 0 amide bonds. The predicted octanol–water partition coefficient (Wildman–Crippen LogP) is 3.46. The van der Waals surface area contributed by atoms with Crippen LogP contribution in [0, 0.1) is 0 Å². The third-order valence-electron chi connectivity index (χ3n) is 5.55. The fourth-order valence-corrected chi connectivity index (χ4v) is 5.42. The van der Waals surface area contributed by atoms with E-state index in [1.165, 1.54) is 12.8 Å². The number of hydrogen-bond donors (Lipinski definition) is 0. The maximum atomic E-state index is 13.4. The first kappa shape index (κ1) is 17.7. The molecule has 0 bridgehead atoms. The molecular formula is C21H26N2O2S. The Morgan fingerprint density at radius 2 is 1.65 bits per heavy atom. The monoisotopic (exact) mass is 370 g/mol. The smallest absolute Gasteiger partial charge is 0.243 e. The number of sulfonamides is 1. The molecule has 0 aromatic heterocycles. The molecule has 1 saturated heterocycles. The number of rotatable bonds is 5. The highest BCUT2D eigenvalue weighted by atomic mass is 32.2. The Morgan fingerprint density at radius 1 is 0.962 bits per heavy atom. The van der Waals surface area contributed by atoms with Crippen LogP contribution >= 0.6 is 0 Å². The highest BCUT2D eigenvalue weighted by Gasteiger charge is 2.40. The van der Waals surface area contributed by atoms with Gasteiger partial charge in [0.25, 0.3) is 0 Å². The molecule has 1 heterocycles. The Balaban J connectivity index is 1.67. The molecule has 5 heteroatoms. The average Bonchev–Trinajstić information content (AvgIpc) is 3.53. The first-order valence-electron chi connectivity index (χ1n) is 9.49. The van der Waals surface area contributed by atoms with Crippen LogP contribution in [0.15, 0.2) is 59.5 Å². The molecular weight excluding hydrogens is 344 g/mol. The van der Waals surface area contributed by atoms with Gasteiger partial charge in [-0.05, 0) is 42.5 Å². The lowest BCUT2D eigenvalue weighted by molar-refractivity contribution is 0.129. The first-order chi connectivity index (χ1) is 12.6. The van der Waals surface area contributed by atoms with Gasteiger partial charge < -0.3 is 0 Å². The maximum absolute atomic E-state index is 13.4. The van der Waals surface area contributed by atoms with Crippen molar-refractivity contribution in [3.05, 3.63) is 65.7 Å². The van der Waals surface area contributed by atoms with Crippen molar-refractivity contribution < 1.29 is 8.42 Å². The molecule has 26 heavy (non-hydrogen) atoms. The average molecular weight is 371 g/mol. The summed E-state index contributed by atoms with van der Waals surface area (Å²) < 4.78 is 28.5. The van der Waals surface area contributed by atoms with Crippen molar-refractivity contribution in [2.24, 2.45) is 0 Å². The summed E-state index contributed by atoms with van der Waals surface area (Å²) in [6, 6.07) is 17.9. The summed E-state index contributed by atoms with van der Waals surface area (Å²) in [5, 5.41) is 0. The number of hydrogen-bond acceptors (Lipinski definition) is 3. The van der Waals surface area contributed by atoms with Gasteiger partial charge in [-0.1, -0.05) is 49.4 Å². The highest BCUT2D eigenvalue weighted by molar-refractivity contribution is 7.89. The van der Waals surface area contributed by atoms with Crippen LogP contribution in [0.25, 0.3) is 0 Å². The quantitative estimate of drug-likeness (QED) is 0.809. The summed E-state index contributed by atoms with van der Waals surface area (Å²) in [5.74, 6) is 0. The summed E-state index contributed by atoms with van der Waals surface area (Å²) in [7, 11) is -3.51. The first-order valence-corrected chi connectivity index (χ1v) is 10.9. The fourth-order valence-electron chi connectivity index (χ4n) is 3.83. The molecule has 0 N–H and O–H groups in total. The Morgan fingerprint density at radius 3 is 2.27 bits per heavy atom. The van der Waals surface area contributed by atoms with E-state index in [1.54, 1.807) is 16.4 Å². The van der Waals surface area contributed by atoms with Crippen LogP contribution in [0.4, 0.5) is 0 Å². The number of nitrogens with zero attached hydrogens (tertiary/aromatic N) is 2. The third-order valence-corrected chi connectivity index (χ3v) is 7.47. The number of benzene rings is 2. The molecule has 1 aliphatic carbocycles. The summed E-state index contributed by atoms with van der Waals surface area (Å²) in [6.45, 7) is 4.22. The normalized spacial score (nSPS) is 22.4. The predicted molar refractivity (Wildman–Crippen MR) is 103 cm³/mol. The van der Waals surface area contributed by atoms with E-state index in [0.29, 0.717) is 17.5 Å². The van der Waals surface area contributed by atoms with Crippen LogP contribution < -0.4 is 0 Å². The minimum atomic E-state index is -3.51. The molecule has 2 aromatic rings. The van der Waals surface area contributed by atoms with Crippen LogP contribution in [-0.4, -0.2) is 43.3 Å². The molecule has 1 unspecified atom stereocenters. The lowest BCUT2D eigenvalue weighted by Gasteiger charge is -2.41. The molecule has 4 rings (SSSR count). The van der Waals surface area contributed by atoms with Gasteiger partial charge in [-0.15, -0.1) is 0 Å². The molecule has 1 atom stereocenters. The van der Waals surface area contributed by atoms with Crippen molar-refractivity contribution in [3.8, 4) is 0 Å². The summed E-state index contributed by atoms with van der Waals surface area (Å²) in [4.78, 5) is 2.86. The second kappa shape index (κ2) is 7.14. The Bertz CT molecular complexity index is 845. The van der Waals surface area contributed by atoms with Gasteiger partial charge in [-0.3, -0.25) is 4.90 Å². The van der Waals surface area contributed by atoms with Crippen LogP contribution in [0.3, 0.4) is 0 Å². The van der Waals surface area contributed by atoms with E-state index in [-0.39, 0.29) is 6.04 Å². The van der Waals surface area contributed by atoms with E-state index in [9.17, 15) is 8.42 Å². The second-order valence-electron chi connectivity index (χ2n) is 7.27. The van der Waals surface area contributed by atoms with Gasteiger partial charge in [0.2, 0.25) is 10.0 Å². The second-order valence-corrected chi connectivity index (χ2v) is 9.16. The van der Waals surface area contributed by atoms with E-state index >= 15 is 0 Å². The molecule has 2 fully saturated rings. The standard InChI is InChI=1S/C21H26N2O2S/c1-2-17-8-12-20(13-9-17)26(24,25)23-15-14-22(19-10-11-19)16-21(23)18-6-4-3-5-7-18/h3-9,12-13,19,21H,2,10-11,14-16H2,1H3. The SMILES string of the molecule is CCc1ccc(S(=O)(=O)N2CCN(C3CC3)CC2c2ccccc2)cc1. The van der Waals surface area contributed by atoms with Gasteiger partial charge in [0.05, 0.1) is 10.9 Å². The lowest BCUT2D eigenvalue weighted by atomic mass is 10.0. The van der Waals surface area contributed by atoms with E-state index in [0.717, 1.165) is 30.6 Å². The van der Waals surface area contributed by atoms with Crippen molar-refractivity contribution >= 4 is 10.0 Å². The molecule has 0 radical (unpaired) electrons. The topological polar surface area (TPSA) is 40.6 Å². The lowest BCUT2D eigenvalue weighted by Crippen LogP contribution is -2.51. The van der Waals surface area contributed by atoms with Gasteiger partial charge >= 0.3 is 0 Å². The zero-order valence-corrected chi connectivity index (χ0v) is 16.0. The molecule has 1 saturated carbocycles. The van der Waals surface area contributed by atoms with Gasteiger partial charge in [-0.25, -0.2) is 8.42 Å². The van der Waals surface area contributed by atoms with Gasteiger partial charge in [-0.2, -0.15) is 4.31 Å². The summed E-state index contributed by atoms with van der Waals surface area (Å²) in [6.07, 6.45) is 3.40. The molecule has 2 aromatic carbocycles. The molecule has 0 spiro atoms. The minimum absolute atomic E-state index is 0.124. The molecule has 1 aliphatic heterocycles. The van der Waals surface area contributed by atoms with Gasteiger partial charge in [0.1, 0.15) is 0 Å². The van der Waals surface area contributed by atoms with E-state index in [4.69, 9.17) is 0 Å². The molecule has 4 nitrogen and oxygen atoms in total. The third kappa shape index (κ3) is 3.43. The van der Waals surface area contributed by atoms with Crippen molar-refractivity contribution in [3.63, 3.8) is 0 Å². The van der Waals surface area contributed by atoms with Crippen molar-refractivity contribution in [1.29, 1.82) is 0 Å². The summed E-state index contributed by atoms with van der Waals surface area (Å²) in [5.41, 5.74) is 2.23. The zero-order valence-electron chi connectivity index (χ0n) is 15.2. The highest BCUT2D eigenvalue weighted by Crippen LogP contribution is 2.36. The van der Waals surface area contributed by atoms with E-state index in [1.807, 2.05) is 42.5 Å².